The summed E-state index contributed by atoms with van der Waals surface area (Å²) >= 11 is 0. The smallest absolute Gasteiger partial charge is 0.233 e. The van der Waals surface area contributed by atoms with E-state index in [9.17, 15) is 14.0 Å². The van der Waals surface area contributed by atoms with Gasteiger partial charge in [0.25, 0.3) is 0 Å². The van der Waals surface area contributed by atoms with Crippen LogP contribution in [0.4, 0.5) is 4.39 Å². The van der Waals surface area contributed by atoms with E-state index >= 15 is 0 Å². The maximum absolute atomic E-state index is 13.2. The fourth-order valence-corrected chi connectivity index (χ4v) is 5.62. The number of halogens is 1. The summed E-state index contributed by atoms with van der Waals surface area (Å²) in [6.45, 7) is 1.81. The van der Waals surface area contributed by atoms with E-state index in [1.54, 1.807) is 7.05 Å². The number of nitrogens with one attached hydrogen (secondary N) is 2. The average molecular weight is 425 g/mol. The summed E-state index contributed by atoms with van der Waals surface area (Å²) in [4.78, 5) is 31.2. The number of benzene rings is 1. The van der Waals surface area contributed by atoms with Gasteiger partial charge in [0.15, 0.2) is 5.96 Å². The molecule has 5 rings (SSSR count). The van der Waals surface area contributed by atoms with Crippen LogP contribution in [0.15, 0.2) is 41.4 Å². The average Bonchev–Trinajstić information content (AvgIpc) is 3.15. The Morgan fingerprint density at radius 1 is 1.10 bits per heavy atom. The molecule has 2 N–H and O–H groups in total. The lowest BCUT2D eigenvalue weighted by molar-refractivity contribution is -0.140. The quantitative estimate of drug-likeness (QED) is 0.231. The van der Waals surface area contributed by atoms with Crippen LogP contribution in [0.5, 0.6) is 0 Å². The fourth-order valence-electron chi connectivity index (χ4n) is 5.62. The Hall–Kier alpha value is -2.70. The first kappa shape index (κ1) is 20.2. The van der Waals surface area contributed by atoms with Gasteiger partial charge in [0.05, 0.1) is 11.8 Å². The molecule has 164 valence electrons. The third kappa shape index (κ3) is 3.54. The van der Waals surface area contributed by atoms with Crippen LogP contribution in [0.2, 0.25) is 0 Å². The maximum atomic E-state index is 13.2. The van der Waals surface area contributed by atoms with Crippen molar-refractivity contribution >= 4 is 17.8 Å². The van der Waals surface area contributed by atoms with Crippen LogP contribution in [0.25, 0.3) is 0 Å². The number of imide groups is 1. The molecule has 4 unspecified atom stereocenters. The van der Waals surface area contributed by atoms with Gasteiger partial charge < -0.3 is 10.6 Å². The van der Waals surface area contributed by atoms with Gasteiger partial charge in [0.2, 0.25) is 11.8 Å². The predicted octanol–water partition coefficient (Wildman–Crippen LogP) is 2.22. The Morgan fingerprint density at radius 2 is 1.74 bits per heavy atom. The highest BCUT2D eigenvalue weighted by atomic mass is 19.1. The van der Waals surface area contributed by atoms with Crippen LogP contribution in [0.1, 0.15) is 31.2 Å². The van der Waals surface area contributed by atoms with Gasteiger partial charge in [0, 0.05) is 32.1 Å². The number of carbonyl (C=O) groups is 2. The zero-order valence-corrected chi connectivity index (χ0v) is 17.8. The standard InChI is InChI=1S/C24H29FN4O2/c1-26-23(28-14-24(9-10-24)17-5-7-18(25)8-6-17)27-11-2-12-29-21(30)19-15-3-4-16(13-15)20(19)22(29)31/h3-8,15-16,19-20H,2,9-14H2,1H3,(H2,26,27,28). The van der Waals surface area contributed by atoms with Crippen molar-refractivity contribution in [3.8, 4) is 0 Å². The van der Waals surface area contributed by atoms with Crippen LogP contribution < -0.4 is 10.6 Å². The van der Waals surface area contributed by atoms with E-state index in [0.717, 1.165) is 31.4 Å². The van der Waals surface area contributed by atoms with Crippen molar-refractivity contribution in [2.75, 3.05) is 26.7 Å². The number of carbonyl (C=O) groups excluding carboxylic acids is 2. The Balaban J connectivity index is 1.08. The molecule has 2 bridgehead atoms. The first-order valence-electron chi connectivity index (χ1n) is 11.3. The molecule has 4 atom stereocenters. The molecule has 1 aromatic rings. The lowest BCUT2D eigenvalue weighted by Crippen LogP contribution is -2.42. The zero-order valence-electron chi connectivity index (χ0n) is 17.8. The lowest BCUT2D eigenvalue weighted by Gasteiger charge is -2.20. The predicted molar refractivity (Wildman–Crippen MR) is 116 cm³/mol. The van der Waals surface area contributed by atoms with E-state index in [2.05, 4.69) is 27.8 Å². The normalized spacial score (nSPS) is 30.1. The molecule has 0 aromatic heterocycles. The topological polar surface area (TPSA) is 73.8 Å². The fraction of sp³-hybridized carbons (Fsp3) is 0.542. The largest absolute Gasteiger partial charge is 0.356 e. The summed E-state index contributed by atoms with van der Waals surface area (Å²) in [7, 11) is 1.73. The van der Waals surface area contributed by atoms with Gasteiger partial charge in [-0.3, -0.25) is 19.5 Å². The van der Waals surface area contributed by atoms with Gasteiger partial charge >= 0.3 is 0 Å². The number of hydrogen-bond donors (Lipinski definition) is 2. The van der Waals surface area contributed by atoms with Gasteiger partial charge in [-0.05, 0) is 55.2 Å². The molecule has 0 spiro atoms. The van der Waals surface area contributed by atoms with Crippen molar-refractivity contribution in [1.82, 2.24) is 15.5 Å². The number of likely N-dealkylation sites (tertiary alicyclic amines) is 1. The molecular weight excluding hydrogens is 395 g/mol. The van der Waals surface area contributed by atoms with Crippen molar-refractivity contribution in [1.29, 1.82) is 0 Å². The molecule has 3 fully saturated rings. The molecule has 4 aliphatic rings. The van der Waals surface area contributed by atoms with Crippen molar-refractivity contribution < 1.29 is 14.0 Å². The second-order valence-corrected chi connectivity index (χ2v) is 9.32. The molecule has 31 heavy (non-hydrogen) atoms. The van der Waals surface area contributed by atoms with Crippen molar-refractivity contribution in [2.45, 2.75) is 31.1 Å². The minimum absolute atomic E-state index is 0.0179. The van der Waals surface area contributed by atoms with Gasteiger partial charge in [-0.25, -0.2) is 4.39 Å². The highest BCUT2D eigenvalue weighted by molar-refractivity contribution is 6.06. The first-order chi connectivity index (χ1) is 15.0. The van der Waals surface area contributed by atoms with Crippen LogP contribution in [-0.2, 0) is 15.0 Å². The van der Waals surface area contributed by atoms with Gasteiger partial charge in [-0.2, -0.15) is 0 Å². The molecule has 2 saturated carbocycles. The van der Waals surface area contributed by atoms with E-state index < -0.39 is 0 Å². The summed E-state index contributed by atoms with van der Waals surface area (Å²) in [5.41, 5.74) is 1.20. The summed E-state index contributed by atoms with van der Waals surface area (Å²) in [5.74, 6) is 0.798. The van der Waals surface area contributed by atoms with Crippen LogP contribution >= 0.6 is 0 Å². The number of aliphatic imine (C=N–C) groups is 1. The monoisotopic (exact) mass is 424 g/mol. The van der Waals surface area contributed by atoms with Crippen LogP contribution in [0, 0.1) is 29.5 Å². The molecule has 1 aliphatic heterocycles. The summed E-state index contributed by atoms with van der Waals surface area (Å²) < 4.78 is 13.2. The molecule has 6 nitrogen and oxygen atoms in total. The Kier molecular flexibility index (Phi) is 5.07. The molecule has 1 saturated heterocycles. The van der Waals surface area contributed by atoms with Crippen molar-refractivity contribution in [2.24, 2.45) is 28.7 Å². The Morgan fingerprint density at radius 3 is 2.32 bits per heavy atom. The second-order valence-electron chi connectivity index (χ2n) is 9.32. The van der Waals surface area contributed by atoms with Crippen molar-refractivity contribution in [3.63, 3.8) is 0 Å². The second kappa shape index (κ2) is 7.77. The highest BCUT2D eigenvalue weighted by Crippen LogP contribution is 2.52. The van der Waals surface area contributed by atoms with E-state index in [4.69, 9.17) is 0 Å². The SMILES string of the molecule is CN=C(NCCCN1C(=O)C2C3C=CC(C3)C2C1=O)NCC1(c2ccc(F)cc2)CC1. The van der Waals surface area contributed by atoms with E-state index in [1.165, 1.54) is 17.0 Å². The number of rotatable bonds is 7. The molecule has 2 amide bonds. The Labute approximate surface area is 182 Å². The number of guanidine groups is 1. The van der Waals surface area contributed by atoms with E-state index in [0.29, 0.717) is 25.5 Å². The van der Waals surface area contributed by atoms with Gasteiger partial charge in [0.1, 0.15) is 5.82 Å². The molecule has 1 heterocycles. The third-order valence-corrected chi connectivity index (χ3v) is 7.54. The molecular formula is C24H29FN4O2. The number of allylic oxidation sites excluding steroid dienone is 2. The summed E-state index contributed by atoms with van der Waals surface area (Å²) in [5, 5.41) is 6.65. The number of hydrogen-bond acceptors (Lipinski definition) is 3. The first-order valence-corrected chi connectivity index (χ1v) is 11.3. The number of amides is 2. The molecule has 3 aliphatic carbocycles. The third-order valence-electron chi connectivity index (χ3n) is 7.54. The number of nitrogens with zero attached hydrogens (tertiary/aromatic N) is 2. The lowest BCUT2D eigenvalue weighted by atomic mass is 9.85. The maximum Gasteiger partial charge on any atom is 0.233 e. The number of fused-ring (bicyclic) bond motifs is 5. The molecule has 1 aromatic carbocycles. The summed E-state index contributed by atoms with van der Waals surface area (Å²) in [6, 6.07) is 6.75. The minimum atomic E-state index is -0.215. The van der Waals surface area contributed by atoms with E-state index in [1.807, 2.05) is 12.1 Å². The molecule has 0 radical (unpaired) electrons. The minimum Gasteiger partial charge on any atom is -0.356 e. The van der Waals surface area contributed by atoms with Gasteiger partial charge in [-0.1, -0.05) is 24.3 Å². The van der Waals surface area contributed by atoms with Crippen LogP contribution in [-0.4, -0.2) is 49.4 Å². The summed E-state index contributed by atoms with van der Waals surface area (Å²) in [6.07, 6.45) is 8.03. The van der Waals surface area contributed by atoms with Gasteiger partial charge in [-0.15, -0.1) is 0 Å². The molecule has 7 heteroatoms. The van der Waals surface area contributed by atoms with Crippen LogP contribution in [0.3, 0.4) is 0 Å². The van der Waals surface area contributed by atoms with Crippen molar-refractivity contribution in [3.05, 3.63) is 47.8 Å². The zero-order chi connectivity index (χ0) is 21.6. The van der Waals surface area contributed by atoms with E-state index in [-0.39, 0.29) is 46.7 Å². The Bertz CT molecular complexity index is 907. The highest BCUT2D eigenvalue weighted by Gasteiger charge is 2.58.